The number of amides is 1. The van der Waals surface area contributed by atoms with Crippen LogP contribution in [0.25, 0.3) is 0 Å². The average molecular weight is 332 g/mol. The van der Waals surface area contributed by atoms with Crippen LogP contribution in [0.15, 0.2) is 12.1 Å². The summed E-state index contributed by atoms with van der Waals surface area (Å²) in [5, 5.41) is 0. The number of likely N-dealkylation sites (tertiary alicyclic amines) is 1. The highest BCUT2D eigenvalue weighted by Crippen LogP contribution is 2.34. The molecule has 2 aliphatic heterocycles. The van der Waals surface area contributed by atoms with Crippen LogP contribution in [0.1, 0.15) is 37.3 Å². The molecule has 0 spiro atoms. The number of hydrogen-bond acceptors (Lipinski definition) is 4. The number of nitrogens with zero attached hydrogens (tertiary/aromatic N) is 2. The Hall–Kier alpha value is -1.75. The summed E-state index contributed by atoms with van der Waals surface area (Å²) in [6.45, 7) is 5.70. The van der Waals surface area contributed by atoms with Crippen molar-refractivity contribution in [3.63, 3.8) is 0 Å². The molecule has 1 aromatic rings. The predicted molar refractivity (Wildman–Crippen MR) is 93.6 cm³/mol. The normalized spacial score (nSPS) is 21.3. The van der Waals surface area contributed by atoms with Crippen molar-refractivity contribution in [3.8, 4) is 11.5 Å². The number of carbonyl (C=O) groups excluding carboxylic acids is 1. The van der Waals surface area contributed by atoms with E-state index in [0.29, 0.717) is 12.5 Å². The van der Waals surface area contributed by atoms with E-state index in [0.717, 1.165) is 50.5 Å². The SMILES string of the molecule is CCC(=O)N1CCCC(N2CCc3cc(OC)c(OC)cc3C2)C1. The minimum Gasteiger partial charge on any atom is -0.493 e. The van der Waals surface area contributed by atoms with Crippen molar-refractivity contribution in [2.45, 2.75) is 45.2 Å². The van der Waals surface area contributed by atoms with E-state index in [1.165, 1.54) is 17.5 Å². The molecule has 1 amide bonds. The highest BCUT2D eigenvalue weighted by Gasteiger charge is 2.30. The lowest BCUT2D eigenvalue weighted by molar-refractivity contribution is -0.133. The maximum Gasteiger partial charge on any atom is 0.222 e. The summed E-state index contributed by atoms with van der Waals surface area (Å²) in [6.07, 6.45) is 3.91. The maximum absolute atomic E-state index is 12.0. The second kappa shape index (κ2) is 7.43. The van der Waals surface area contributed by atoms with Crippen LogP contribution < -0.4 is 9.47 Å². The molecule has 1 fully saturated rings. The molecule has 5 nitrogen and oxygen atoms in total. The van der Waals surface area contributed by atoms with Crippen LogP contribution in [0.5, 0.6) is 11.5 Å². The molecule has 5 heteroatoms. The van der Waals surface area contributed by atoms with Gasteiger partial charge in [0.1, 0.15) is 0 Å². The monoisotopic (exact) mass is 332 g/mol. The number of piperidine rings is 1. The summed E-state index contributed by atoms with van der Waals surface area (Å²) in [5.74, 6) is 1.88. The number of rotatable bonds is 4. The van der Waals surface area contributed by atoms with E-state index in [1.54, 1.807) is 14.2 Å². The second-order valence-corrected chi connectivity index (χ2v) is 6.69. The highest BCUT2D eigenvalue weighted by molar-refractivity contribution is 5.75. The van der Waals surface area contributed by atoms with Gasteiger partial charge in [0.15, 0.2) is 11.5 Å². The molecule has 2 aliphatic rings. The number of hydrogen-bond donors (Lipinski definition) is 0. The third kappa shape index (κ3) is 3.36. The molecular weight excluding hydrogens is 304 g/mol. The first kappa shape index (κ1) is 17.1. The van der Waals surface area contributed by atoms with E-state index in [9.17, 15) is 4.79 Å². The zero-order valence-electron chi connectivity index (χ0n) is 15.0. The lowest BCUT2D eigenvalue weighted by Crippen LogP contribution is -2.50. The van der Waals surface area contributed by atoms with Gasteiger partial charge in [0.25, 0.3) is 0 Å². The fraction of sp³-hybridized carbons (Fsp3) is 0.632. The van der Waals surface area contributed by atoms with Gasteiger partial charge in [-0.15, -0.1) is 0 Å². The van der Waals surface area contributed by atoms with E-state index in [-0.39, 0.29) is 5.91 Å². The summed E-state index contributed by atoms with van der Waals surface area (Å²) >= 11 is 0. The molecule has 1 saturated heterocycles. The molecule has 0 radical (unpaired) electrons. The van der Waals surface area contributed by atoms with Crippen molar-refractivity contribution in [3.05, 3.63) is 23.3 Å². The molecule has 0 bridgehead atoms. The quantitative estimate of drug-likeness (QED) is 0.849. The Morgan fingerprint density at radius 3 is 2.54 bits per heavy atom. The van der Waals surface area contributed by atoms with Crippen LogP contribution in [0.4, 0.5) is 0 Å². The number of ether oxygens (including phenoxy) is 2. The molecule has 24 heavy (non-hydrogen) atoms. The van der Waals surface area contributed by atoms with Crippen LogP contribution in [0, 0.1) is 0 Å². The first-order chi connectivity index (χ1) is 11.7. The summed E-state index contributed by atoms with van der Waals surface area (Å²) < 4.78 is 10.9. The Balaban J connectivity index is 1.73. The standard InChI is InChI=1S/C19H28N2O3/c1-4-19(22)21-8-5-6-16(13-21)20-9-7-14-10-17(23-2)18(24-3)11-15(14)12-20/h10-11,16H,4-9,12-13H2,1-3H3. The zero-order chi connectivity index (χ0) is 17.1. The summed E-state index contributed by atoms with van der Waals surface area (Å²) in [7, 11) is 3.36. The van der Waals surface area contributed by atoms with Crippen molar-refractivity contribution in [1.82, 2.24) is 9.80 Å². The minimum atomic E-state index is 0.281. The molecule has 0 aromatic heterocycles. The molecule has 0 aliphatic carbocycles. The van der Waals surface area contributed by atoms with Gasteiger partial charge in [0.05, 0.1) is 14.2 Å². The Morgan fingerprint density at radius 2 is 1.88 bits per heavy atom. The maximum atomic E-state index is 12.0. The summed E-state index contributed by atoms with van der Waals surface area (Å²) in [6, 6.07) is 4.69. The molecular formula is C19H28N2O3. The average Bonchev–Trinajstić information content (AvgIpc) is 2.65. The van der Waals surface area contributed by atoms with Crippen molar-refractivity contribution in [1.29, 1.82) is 0 Å². The van der Waals surface area contributed by atoms with Gasteiger partial charge in [0, 0.05) is 38.6 Å². The number of benzene rings is 1. The van der Waals surface area contributed by atoms with E-state index in [4.69, 9.17) is 9.47 Å². The van der Waals surface area contributed by atoms with Gasteiger partial charge < -0.3 is 14.4 Å². The minimum absolute atomic E-state index is 0.281. The molecule has 1 atom stereocenters. The molecule has 0 N–H and O–H groups in total. The van der Waals surface area contributed by atoms with Gasteiger partial charge in [0.2, 0.25) is 5.91 Å². The molecule has 1 unspecified atom stereocenters. The van der Waals surface area contributed by atoms with E-state index < -0.39 is 0 Å². The van der Waals surface area contributed by atoms with Gasteiger partial charge >= 0.3 is 0 Å². The van der Waals surface area contributed by atoms with Gasteiger partial charge in [-0.25, -0.2) is 0 Å². The number of methoxy groups -OCH3 is 2. The van der Waals surface area contributed by atoms with Crippen LogP contribution in [0.2, 0.25) is 0 Å². The fourth-order valence-electron chi connectivity index (χ4n) is 3.92. The Labute approximate surface area is 144 Å². The second-order valence-electron chi connectivity index (χ2n) is 6.69. The smallest absolute Gasteiger partial charge is 0.222 e. The number of fused-ring (bicyclic) bond motifs is 1. The molecule has 0 saturated carbocycles. The Morgan fingerprint density at radius 1 is 1.17 bits per heavy atom. The first-order valence-corrected chi connectivity index (χ1v) is 8.91. The van der Waals surface area contributed by atoms with Crippen molar-refractivity contribution >= 4 is 5.91 Å². The molecule has 3 rings (SSSR count). The lowest BCUT2D eigenvalue weighted by Gasteiger charge is -2.41. The third-order valence-corrected chi connectivity index (χ3v) is 5.32. The largest absolute Gasteiger partial charge is 0.493 e. The highest BCUT2D eigenvalue weighted by atomic mass is 16.5. The number of carbonyl (C=O) groups is 1. The zero-order valence-corrected chi connectivity index (χ0v) is 15.0. The van der Waals surface area contributed by atoms with Crippen LogP contribution in [-0.2, 0) is 17.8 Å². The summed E-state index contributed by atoms with van der Waals surface area (Å²) in [5.41, 5.74) is 2.67. The Kier molecular flexibility index (Phi) is 5.29. The first-order valence-electron chi connectivity index (χ1n) is 8.91. The van der Waals surface area contributed by atoms with Gasteiger partial charge in [-0.2, -0.15) is 0 Å². The van der Waals surface area contributed by atoms with E-state index >= 15 is 0 Å². The van der Waals surface area contributed by atoms with Crippen LogP contribution >= 0.6 is 0 Å². The van der Waals surface area contributed by atoms with Gasteiger partial charge in [-0.3, -0.25) is 9.69 Å². The van der Waals surface area contributed by atoms with Crippen LogP contribution in [0.3, 0.4) is 0 Å². The van der Waals surface area contributed by atoms with Crippen molar-refractivity contribution < 1.29 is 14.3 Å². The van der Waals surface area contributed by atoms with E-state index in [2.05, 4.69) is 17.0 Å². The van der Waals surface area contributed by atoms with Crippen molar-refractivity contribution in [2.75, 3.05) is 33.9 Å². The van der Waals surface area contributed by atoms with Crippen LogP contribution in [-0.4, -0.2) is 55.6 Å². The fourth-order valence-corrected chi connectivity index (χ4v) is 3.92. The van der Waals surface area contributed by atoms with Gasteiger partial charge in [-0.1, -0.05) is 6.92 Å². The summed E-state index contributed by atoms with van der Waals surface area (Å²) in [4.78, 5) is 16.6. The lowest BCUT2D eigenvalue weighted by atomic mass is 9.95. The molecule has 1 aromatic carbocycles. The molecule has 2 heterocycles. The predicted octanol–water partition coefficient (Wildman–Crippen LogP) is 2.46. The topological polar surface area (TPSA) is 42.0 Å². The Bertz CT molecular complexity index is 603. The van der Waals surface area contributed by atoms with Gasteiger partial charge in [-0.05, 0) is 42.5 Å². The molecule has 132 valence electrons. The van der Waals surface area contributed by atoms with E-state index in [1.807, 2.05) is 11.8 Å². The van der Waals surface area contributed by atoms with Crippen molar-refractivity contribution in [2.24, 2.45) is 0 Å². The third-order valence-electron chi connectivity index (χ3n) is 5.32.